The molecular weight excluding hydrogens is 649 g/mol. The number of rotatable bonds is 13. The van der Waals surface area contributed by atoms with Crippen molar-refractivity contribution in [1.29, 1.82) is 0 Å². The van der Waals surface area contributed by atoms with Crippen LogP contribution in [0.25, 0.3) is 11.1 Å². The van der Waals surface area contributed by atoms with Crippen LogP contribution in [0.5, 0.6) is 0 Å². The maximum absolute atomic E-state index is 13.5. The van der Waals surface area contributed by atoms with E-state index in [0.717, 1.165) is 38.9 Å². The fourth-order valence-corrected chi connectivity index (χ4v) is 8.14. The maximum atomic E-state index is 13.5. The largest absolute Gasteiger partial charge is 0.480 e. The lowest BCUT2D eigenvalue weighted by Gasteiger charge is -2.36. The van der Waals surface area contributed by atoms with E-state index in [1.165, 1.54) is 18.7 Å². The number of hydrogen-bond donors (Lipinski definition) is 4. The van der Waals surface area contributed by atoms with E-state index in [1.807, 2.05) is 140 Å². The lowest BCUT2D eigenvalue weighted by Crippen LogP contribution is -2.56. The summed E-state index contributed by atoms with van der Waals surface area (Å²) in [5.41, 5.74) is 7.04. The molecular formula is C41H38N2O6S. The summed E-state index contributed by atoms with van der Waals surface area (Å²) >= 11 is 1.38. The van der Waals surface area contributed by atoms with E-state index in [-0.39, 0.29) is 18.3 Å². The Bertz CT molecular complexity index is 1800. The van der Waals surface area contributed by atoms with Gasteiger partial charge in [-0.3, -0.25) is 4.79 Å². The number of nitrogens with one attached hydrogen (secondary N) is 2. The summed E-state index contributed by atoms with van der Waals surface area (Å²) in [6.07, 6.45) is -2.24. The van der Waals surface area contributed by atoms with E-state index >= 15 is 0 Å². The Kier molecular flexibility index (Phi) is 10.7. The molecule has 0 heterocycles. The maximum Gasteiger partial charge on any atom is 0.407 e. The monoisotopic (exact) mass is 686 g/mol. The molecule has 0 aliphatic heterocycles. The first kappa shape index (κ1) is 34.5. The van der Waals surface area contributed by atoms with E-state index in [4.69, 9.17) is 4.74 Å². The second-order valence-electron chi connectivity index (χ2n) is 12.2. The minimum Gasteiger partial charge on any atom is -0.480 e. The average Bonchev–Trinajstić information content (AvgIpc) is 3.47. The third kappa shape index (κ3) is 7.15. The van der Waals surface area contributed by atoms with E-state index < -0.39 is 40.9 Å². The van der Waals surface area contributed by atoms with Crippen LogP contribution in [0.3, 0.4) is 0 Å². The zero-order valence-corrected chi connectivity index (χ0v) is 28.3. The van der Waals surface area contributed by atoms with Crippen LogP contribution < -0.4 is 10.6 Å². The van der Waals surface area contributed by atoms with Gasteiger partial charge in [-0.05, 0) is 45.9 Å². The number of ether oxygens (including phenoxy) is 1. The number of aliphatic hydroxyl groups excluding tert-OH is 1. The molecule has 0 spiro atoms. The van der Waals surface area contributed by atoms with Crippen LogP contribution >= 0.6 is 11.8 Å². The minimum atomic E-state index is -1.46. The van der Waals surface area contributed by atoms with Crippen LogP contribution in [0.1, 0.15) is 40.7 Å². The van der Waals surface area contributed by atoms with E-state index in [9.17, 15) is 24.6 Å². The average molecular weight is 687 g/mol. The molecule has 1 aliphatic rings. The van der Waals surface area contributed by atoms with Gasteiger partial charge in [-0.2, -0.15) is 0 Å². The van der Waals surface area contributed by atoms with Crippen molar-refractivity contribution >= 4 is 29.7 Å². The van der Waals surface area contributed by atoms with Crippen molar-refractivity contribution in [3.63, 3.8) is 0 Å². The fraction of sp³-hybridized carbons (Fsp3) is 0.195. The van der Waals surface area contributed by atoms with Gasteiger partial charge in [0.05, 0.1) is 10.9 Å². The smallest absolute Gasteiger partial charge is 0.407 e. The van der Waals surface area contributed by atoms with Crippen molar-refractivity contribution in [1.82, 2.24) is 10.6 Å². The second-order valence-corrected chi connectivity index (χ2v) is 13.4. The minimum absolute atomic E-state index is 0.0168. The van der Waals surface area contributed by atoms with Crippen LogP contribution in [-0.2, 0) is 19.1 Å². The van der Waals surface area contributed by atoms with Crippen molar-refractivity contribution in [2.24, 2.45) is 0 Å². The number of hydrogen-bond acceptors (Lipinski definition) is 6. The molecule has 8 nitrogen and oxygen atoms in total. The van der Waals surface area contributed by atoms with Gasteiger partial charge in [0.15, 0.2) is 0 Å². The molecule has 0 saturated heterocycles. The Morgan fingerprint density at radius 3 is 1.58 bits per heavy atom. The summed E-state index contributed by atoms with van der Waals surface area (Å²) in [7, 11) is 0. The summed E-state index contributed by atoms with van der Waals surface area (Å²) in [5, 5.41) is 25.9. The first-order valence-corrected chi connectivity index (χ1v) is 17.4. The number of benzene rings is 5. The van der Waals surface area contributed by atoms with Crippen molar-refractivity contribution in [2.75, 3.05) is 12.4 Å². The number of thioether (sulfide) groups is 1. The predicted octanol–water partition coefficient (Wildman–Crippen LogP) is 6.57. The van der Waals surface area contributed by atoms with Crippen molar-refractivity contribution in [2.45, 2.75) is 35.8 Å². The molecule has 0 saturated carbocycles. The molecule has 0 radical (unpaired) electrons. The van der Waals surface area contributed by atoms with E-state index in [1.54, 1.807) is 0 Å². The Balaban J connectivity index is 1.18. The van der Waals surface area contributed by atoms with Gasteiger partial charge in [0.2, 0.25) is 5.91 Å². The summed E-state index contributed by atoms with van der Waals surface area (Å²) in [6.45, 7) is 1.37. The van der Waals surface area contributed by atoms with Gasteiger partial charge in [-0.1, -0.05) is 140 Å². The van der Waals surface area contributed by atoms with Crippen molar-refractivity contribution in [3.8, 4) is 11.1 Å². The number of aliphatic carboxylic acids is 1. The molecule has 3 atom stereocenters. The normalized spacial score (nSPS) is 14.0. The molecule has 6 rings (SSSR count). The van der Waals surface area contributed by atoms with Gasteiger partial charge in [0.1, 0.15) is 18.7 Å². The molecule has 0 fully saturated rings. The molecule has 50 heavy (non-hydrogen) atoms. The first-order valence-electron chi connectivity index (χ1n) is 16.4. The number of carbonyl (C=O) groups is 3. The number of carbonyl (C=O) groups excluding carboxylic acids is 2. The van der Waals surface area contributed by atoms with Crippen LogP contribution in [0.4, 0.5) is 4.79 Å². The molecule has 0 bridgehead atoms. The zero-order chi connectivity index (χ0) is 35.1. The van der Waals surface area contributed by atoms with Gasteiger partial charge >= 0.3 is 12.1 Å². The Hall–Kier alpha value is -5.38. The highest BCUT2D eigenvalue weighted by atomic mass is 32.2. The number of carboxylic acids is 1. The van der Waals surface area contributed by atoms with Gasteiger partial charge < -0.3 is 25.6 Å². The lowest BCUT2D eigenvalue weighted by atomic mass is 9.84. The molecule has 5 aromatic carbocycles. The van der Waals surface area contributed by atoms with Crippen LogP contribution in [-0.4, -0.2) is 58.7 Å². The highest BCUT2D eigenvalue weighted by molar-refractivity contribution is 8.00. The summed E-state index contributed by atoms with van der Waals surface area (Å²) in [6, 6.07) is 42.5. The standard InChI is InChI=1S/C41H38N2O6S/c1-27(44)37(43-40(48)49-25-35-33-23-13-11-21-31(33)32-22-12-14-24-34(32)35)38(45)42-36(39(46)47)26-50-41(28-15-5-2-6-16-28,29-17-7-3-8-18-29)30-19-9-4-10-20-30/h2-24,27,35-37,44H,25-26H2,1H3,(H,42,45)(H,43,48)(H,46,47). The molecule has 4 N–H and O–H groups in total. The number of aliphatic hydroxyl groups is 1. The molecule has 0 aromatic heterocycles. The SMILES string of the molecule is CC(O)C(NC(=O)OCC1c2ccccc2-c2ccccc21)C(=O)NC(CSC(c1ccccc1)(c1ccccc1)c1ccccc1)C(=O)O. The number of fused-ring (bicyclic) bond motifs is 3. The lowest BCUT2D eigenvalue weighted by molar-refractivity contribution is -0.141. The number of alkyl carbamates (subject to hydrolysis) is 1. The Morgan fingerprint density at radius 2 is 1.14 bits per heavy atom. The fourth-order valence-electron chi connectivity index (χ4n) is 6.59. The molecule has 1 aliphatic carbocycles. The van der Waals surface area contributed by atoms with Crippen molar-refractivity contribution in [3.05, 3.63) is 167 Å². The Morgan fingerprint density at radius 1 is 0.700 bits per heavy atom. The summed E-state index contributed by atoms with van der Waals surface area (Å²) in [5.74, 6) is -2.32. The third-order valence-electron chi connectivity index (χ3n) is 9.00. The molecule has 254 valence electrons. The van der Waals surface area contributed by atoms with Crippen LogP contribution in [0.15, 0.2) is 140 Å². The molecule has 9 heteroatoms. The molecule has 2 amide bonds. The highest BCUT2D eigenvalue weighted by Crippen LogP contribution is 2.49. The zero-order valence-electron chi connectivity index (χ0n) is 27.4. The topological polar surface area (TPSA) is 125 Å². The van der Waals surface area contributed by atoms with Crippen LogP contribution in [0.2, 0.25) is 0 Å². The summed E-state index contributed by atoms with van der Waals surface area (Å²) in [4.78, 5) is 39.2. The third-order valence-corrected chi connectivity index (χ3v) is 10.6. The first-order chi connectivity index (χ1) is 24.3. The Labute approximate surface area is 295 Å². The number of carboxylic acid groups (broad SMARTS) is 1. The van der Waals surface area contributed by atoms with Gasteiger partial charge in [0.25, 0.3) is 0 Å². The van der Waals surface area contributed by atoms with E-state index in [0.29, 0.717) is 0 Å². The quantitative estimate of drug-likeness (QED) is 0.103. The molecule has 5 aromatic rings. The van der Waals surface area contributed by atoms with Crippen molar-refractivity contribution < 1.29 is 29.3 Å². The molecule has 3 unspecified atom stereocenters. The van der Waals surface area contributed by atoms with Crippen LogP contribution in [0, 0.1) is 0 Å². The highest BCUT2D eigenvalue weighted by Gasteiger charge is 2.39. The predicted molar refractivity (Wildman–Crippen MR) is 195 cm³/mol. The summed E-state index contributed by atoms with van der Waals surface area (Å²) < 4.78 is 4.79. The van der Waals surface area contributed by atoms with Gasteiger partial charge in [-0.25, -0.2) is 9.59 Å². The second kappa shape index (κ2) is 15.4. The van der Waals surface area contributed by atoms with Gasteiger partial charge in [-0.15, -0.1) is 11.8 Å². The number of amides is 2. The van der Waals surface area contributed by atoms with Gasteiger partial charge in [0, 0.05) is 11.7 Å². The van der Waals surface area contributed by atoms with E-state index in [2.05, 4.69) is 10.6 Å².